The zero-order chi connectivity index (χ0) is 19.3. The molecule has 2 heterocycles. The number of benzene rings is 2. The van der Waals surface area contributed by atoms with Crippen LogP contribution in [0.3, 0.4) is 0 Å². The first-order valence-corrected chi connectivity index (χ1v) is 9.95. The molecule has 0 spiro atoms. The monoisotopic (exact) mass is 362 g/mol. The smallest absolute Gasteiger partial charge is 0.0749 e. The van der Waals surface area contributed by atoms with Crippen molar-refractivity contribution in [3.05, 3.63) is 83.2 Å². The summed E-state index contributed by atoms with van der Waals surface area (Å²) in [4.78, 5) is 9.61. The van der Waals surface area contributed by atoms with Crippen molar-refractivity contribution in [2.45, 2.75) is 38.5 Å². The van der Waals surface area contributed by atoms with Crippen molar-refractivity contribution in [1.82, 2.24) is 9.97 Å². The number of hydrogen-bond acceptors (Lipinski definition) is 2. The minimum atomic E-state index is -0.0811. The fraction of sp³-hybridized carbons (Fsp3) is 0.231. The standard InChI is InChI=1S/C26H22N2/c1-25(2)17-11-9-16-22-18(26(3,4)20-8-6-14-28-24(16)20)12-10-15(21(17)22)23-19(25)7-5-13-27-23/h5-14H,1-4H3. The summed E-state index contributed by atoms with van der Waals surface area (Å²) in [6.07, 6.45) is 3.83. The van der Waals surface area contributed by atoms with Gasteiger partial charge in [0.2, 0.25) is 0 Å². The number of rotatable bonds is 0. The van der Waals surface area contributed by atoms with Gasteiger partial charge in [-0.25, -0.2) is 0 Å². The third-order valence-corrected chi connectivity index (χ3v) is 6.98. The molecule has 2 aromatic heterocycles. The predicted octanol–water partition coefficient (Wildman–Crippen LogP) is 6.24. The van der Waals surface area contributed by atoms with Crippen molar-refractivity contribution < 1.29 is 0 Å². The van der Waals surface area contributed by atoms with Gasteiger partial charge in [0, 0.05) is 34.4 Å². The third kappa shape index (κ3) is 1.70. The van der Waals surface area contributed by atoms with Crippen LogP contribution in [-0.2, 0) is 10.8 Å². The van der Waals surface area contributed by atoms with Gasteiger partial charge in [0.25, 0.3) is 0 Å². The Morgan fingerprint density at radius 3 is 1.39 bits per heavy atom. The minimum absolute atomic E-state index is 0.0811. The molecule has 2 aliphatic rings. The highest BCUT2D eigenvalue weighted by Gasteiger charge is 2.39. The van der Waals surface area contributed by atoms with Crippen molar-refractivity contribution in [2.24, 2.45) is 0 Å². The van der Waals surface area contributed by atoms with E-state index in [2.05, 4.69) is 76.2 Å². The Labute approximate surface area is 165 Å². The van der Waals surface area contributed by atoms with Gasteiger partial charge in [-0.3, -0.25) is 9.97 Å². The van der Waals surface area contributed by atoms with Crippen molar-refractivity contribution in [3.63, 3.8) is 0 Å². The van der Waals surface area contributed by atoms with Crippen molar-refractivity contribution >= 4 is 10.8 Å². The average Bonchev–Trinajstić information content (AvgIpc) is 2.71. The second kappa shape index (κ2) is 4.88. The molecular formula is C26H22N2. The lowest BCUT2D eigenvalue weighted by Crippen LogP contribution is -2.28. The maximum absolute atomic E-state index is 4.81. The van der Waals surface area contributed by atoms with Crippen LogP contribution in [0.15, 0.2) is 60.9 Å². The molecule has 2 nitrogen and oxygen atoms in total. The maximum atomic E-state index is 4.81. The molecule has 136 valence electrons. The van der Waals surface area contributed by atoms with Crippen molar-refractivity contribution in [3.8, 4) is 22.5 Å². The highest BCUT2D eigenvalue weighted by Crippen LogP contribution is 2.54. The van der Waals surface area contributed by atoms with Crippen LogP contribution in [-0.4, -0.2) is 9.97 Å². The van der Waals surface area contributed by atoms with E-state index in [9.17, 15) is 0 Å². The normalized spacial score (nSPS) is 17.1. The van der Waals surface area contributed by atoms with Gasteiger partial charge in [0.1, 0.15) is 0 Å². The maximum Gasteiger partial charge on any atom is 0.0749 e. The van der Waals surface area contributed by atoms with Gasteiger partial charge >= 0.3 is 0 Å². The summed E-state index contributed by atoms with van der Waals surface area (Å²) >= 11 is 0. The van der Waals surface area contributed by atoms with Crippen LogP contribution in [0.2, 0.25) is 0 Å². The van der Waals surface area contributed by atoms with E-state index in [0.717, 1.165) is 11.4 Å². The second-order valence-corrected chi connectivity index (χ2v) is 9.12. The number of fused-ring (bicyclic) bond motifs is 4. The average molecular weight is 362 g/mol. The Morgan fingerprint density at radius 1 is 0.536 bits per heavy atom. The molecule has 0 saturated heterocycles. The quantitative estimate of drug-likeness (QED) is 0.370. The molecule has 0 radical (unpaired) electrons. The molecule has 4 aromatic rings. The molecule has 0 saturated carbocycles. The molecule has 0 unspecified atom stereocenters. The Balaban J connectivity index is 1.87. The van der Waals surface area contributed by atoms with E-state index in [0.29, 0.717) is 0 Å². The van der Waals surface area contributed by atoms with Crippen LogP contribution < -0.4 is 0 Å². The van der Waals surface area contributed by atoms with E-state index in [1.807, 2.05) is 12.4 Å². The van der Waals surface area contributed by atoms with Gasteiger partial charge in [-0.2, -0.15) is 0 Å². The first-order valence-electron chi connectivity index (χ1n) is 9.95. The number of hydrogen-bond donors (Lipinski definition) is 0. The fourth-order valence-corrected chi connectivity index (χ4v) is 5.47. The summed E-state index contributed by atoms with van der Waals surface area (Å²) in [6, 6.07) is 17.8. The Morgan fingerprint density at radius 2 is 0.964 bits per heavy atom. The van der Waals surface area contributed by atoms with Crippen LogP contribution in [0.5, 0.6) is 0 Å². The van der Waals surface area contributed by atoms with Crippen molar-refractivity contribution in [1.29, 1.82) is 0 Å². The first kappa shape index (κ1) is 16.0. The lowest BCUT2D eigenvalue weighted by molar-refractivity contribution is 0.633. The van der Waals surface area contributed by atoms with Crippen LogP contribution in [0.4, 0.5) is 0 Å². The first-order chi connectivity index (χ1) is 13.4. The molecule has 0 bridgehead atoms. The zero-order valence-corrected chi connectivity index (χ0v) is 16.7. The molecule has 0 fully saturated rings. The summed E-state index contributed by atoms with van der Waals surface area (Å²) in [6.45, 7) is 9.28. The van der Waals surface area contributed by atoms with Gasteiger partial charge in [0.15, 0.2) is 0 Å². The van der Waals surface area contributed by atoms with E-state index in [-0.39, 0.29) is 10.8 Å². The lowest BCUT2D eigenvalue weighted by atomic mass is 9.64. The molecule has 2 aliphatic carbocycles. The molecule has 28 heavy (non-hydrogen) atoms. The zero-order valence-electron chi connectivity index (χ0n) is 16.7. The van der Waals surface area contributed by atoms with Crippen LogP contribution in [0.1, 0.15) is 49.9 Å². The Kier molecular flexibility index (Phi) is 2.79. The minimum Gasteiger partial charge on any atom is -0.256 e. The molecule has 6 rings (SSSR count). The molecular weight excluding hydrogens is 340 g/mol. The largest absolute Gasteiger partial charge is 0.256 e. The molecule has 0 atom stereocenters. The summed E-state index contributed by atoms with van der Waals surface area (Å²) in [5.41, 5.74) is 9.96. The highest BCUT2D eigenvalue weighted by atomic mass is 14.7. The van der Waals surface area contributed by atoms with Gasteiger partial charge in [-0.15, -0.1) is 0 Å². The number of aromatic nitrogens is 2. The lowest BCUT2D eigenvalue weighted by Gasteiger charge is -2.39. The van der Waals surface area contributed by atoms with E-state index < -0.39 is 0 Å². The molecule has 0 N–H and O–H groups in total. The highest BCUT2D eigenvalue weighted by molar-refractivity contribution is 6.11. The van der Waals surface area contributed by atoms with Gasteiger partial charge in [0.05, 0.1) is 11.4 Å². The van der Waals surface area contributed by atoms with Gasteiger partial charge < -0.3 is 0 Å². The summed E-state index contributed by atoms with van der Waals surface area (Å²) in [5, 5.41) is 2.71. The molecule has 2 aromatic carbocycles. The third-order valence-electron chi connectivity index (χ3n) is 6.98. The summed E-state index contributed by atoms with van der Waals surface area (Å²) in [7, 11) is 0. The Bertz CT molecular complexity index is 1210. The predicted molar refractivity (Wildman–Crippen MR) is 115 cm³/mol. The number of pyridine rings is 2. The molecule has 2 heteroatoms. The van der Waals surface area contributed by atoms with Crippen LogP contribution in [0.25, 0.3) is 33.3 Å². The summed E-state index contributed by atoms with van der Waals surface area (Å²) in [5.74, 6) is 0. The SMILES string of the molecule is CC1(C)c2cccnc2-c2ccc3c4c(ccc1c24)-c1ncccc1C3(C)C. The molecule has 0 amide bonds. The van der Waals surface area contributed by atoms with E-state index in [1.54, 1.807) is 0 Å². The van der Waals surface area contributed by atoms with E-state index in [1.165, 1.54) is 44.2 Å². The topological polar surface area (TPSA) is 25.8 Å². The van der Waals surface area contributed by atoms with E-state index >= 15 is 0 Å². The van der Waals surface area contributed by atoms with Crippen molar-refractivity contribution in [2.75, 3.05) is 0 Å². The number of nitrogens with zero attached hydrogens (tertiary/aromatic N) is 2. The Hall–Kier alpha value is -3.00. The van der Waals surface area contributed by atoms with Crippen LogP contribution in [0, 0.1) is 0 Å². The molecule has 0 aliphatic heterocycles. The van der Waals surface area contributed by atoms with Gasteiger partial charge in [-0.1, -0.05) is 64.1 Å². The summed E-state index contributed by atoms with van der Waals surface area (Å²) < 4.78 is 0. The fourth-order valence-electron chi connectivity index (χ4n) is 5.47. The second-order valence-electron chi connectivity index (χ2n) is 9.12. The van der Waals surface area contributed by atoms with Crippen LogP contribution >= 0.6 is 0 Å². The van der Waals surface area contributed by atoms with E-state index in [4.69, 9.17) is 9.97 Å². The van der Waals surface area contributed by atoms with Gasteiger partial charge in [-0.05, 0) is 45.2 Å².